The summed E-state index contributed by atoms with van der Waals surface area (Å²) in [6, 6.07) is 1.83. The van der Waals surface area contributed by atoms with E-state index < -0.39 is 0 Å². The summed E-state index contributed by atoms with van der Waals surface area (Å²) in [6.45, 7) is 0. The second kappa shape index (κ2) is 5.80. The molecule has 1 aromatic heterocycles. The van der Waals surface area contributed by atoms with Crippen LogP contribution in [0.15, 0.2) is 24.5 Å². The van der Waals surface area contributed by atoms with E-state index in [2.05, 4.69) is 9.72 Å². The molecule has 0 N–H and O–H groups in total. The molecule has 0 aliphatic carbocycles. The first kappa shape index (κ1) is 11.2. The molecule has 1 heterocycles. The molecule has 0 aliphatic rings. The summed E-state index contributed by atoms with van der Waals surface area (Å²) < 4.78 is 9.52. The molecule has 80 valence electrons. The highest BCUT2D eigenvalue weighted by Crippen LogP contribution is 2.11. The molecule has 0 radical (unpaired) electrons. The first-order chi connectivity index (χ1) is 7.26. The second-order valence-electron chi connectivity index (χ2n) is 2.84. The number of nitrogens with zero attached hydrogens (tertiary/aromatic N) is 1. The van der Waals surface area contributed by atoms with Crippen LogP contribution < -0.4 is 4.74 Å². The van der Waals surface area contributed by atoms with Gasteiger partial charge in [-0.1, -0.05) is 12.2 Å². The van der Waals surface area contributed by atoms with E-state index in [-0.39, 0.29) is 12.4 Å². The number of rotatable bonds is 4. The monoisotopic (exact) mass is 207 g/mol. The van der Waals surface area contributed by atoms with Gasteiger partial charge in [-0.3, -0.25) is 9.78 Å². The minimum Gasteiger partial charge on any atom is -0.495 e. The predicted molar refractivity (Wildman–Crippen MR) is 56.5 cm³/mol. The molecule has 0 unspecified atom stereocenters. The third-order valence-corrected chi connectivity index (χ3v) is 1.79. The number of carbonyl (C=O) groups excluding carboxylic acids is 1. The van der Waals surface area contributed by atoms with Crippen LogP contribution in [0.1, 0.15) is 12.0 Å². The number of hydrogen-bond acceptors (Lipinski definition) is 4. The Kier molecular flexibility index (Phi) is 4.34. The number of pyridine rings is 1. The lowest BCUT2D eigenvalue weighted by Crippen LogP contribution is -1.96. The van der Waals surface area contributed by atoms with Crippen molar-refractivity contribution in [3.63, 3.8) is 0 Å². The Hall–Kier alpha value is -1.84. The van der Waals surface area contributed by atoms with Crippen molar-refractivity contribution in [2.45, 2.75) is 6.42 Å². The van der Waals surface area contributed by atoms with Crippen LogP contribution in [0, 0.1) is 0 Å². The summed E-state index contributed by atoms with van der Waals surface area (Å²) in [4.78, 5) is 14.8. The zero-order valence-electron chi connectivity index (χ0n) is 8.77. The van der Waals surface area contributed by atoms with E-state index in [4.69, 9.17) is 4.74 Å². The molecule has 0 bridgehead atoms. The maximum atomic E-state index is 10.8. The van der Waals surface area contributed by atoms with Crippen molar-refractivity contribution in [1.29, 1.82) is 0 Å². The van der Waals surface area contributed by atoms with Gasteiger partial charge in [0.25, 0.3) is 0 Å². The van der Waals surface area contributed by atoms with E-state index in [0.29, 0.717) is 5.75 Å². The maximum absolute atomic E-state index is 10.8. The quantitative estimate of drug-likeness (QED) is 0.704. The Bertz CT molecular complexity index is 361. The van der Waals surface area contributed by atoms with Crippen LogP contribution in [0.2, 0.25) is 0 Å². The van der Waals surface area contributed by atoms with Gasteiger partial charge in [-0.15, -0.1) is 0 Å². The molecule has 0 saturated carbocycles. The van der Waals surface area contributed by atoms with Crippen molar-refractivity contribution in [1.82, 2.24) is 4.98 Å². The molecular weight excluding hydrogens is 194 g/mol. The maximum Gasteiger partial charge on any atom is 0.309 e. The Morgan fingerprint density at radius 1 is 1.47 bits per heavy atom. The van der Waals surface area contributed by atoms with Crippen molar-refractivity contribution in [2.75, 3.05) is 14.2 Å². The SMILES string of the molecule is COC(=O)CC=Cc1cncc(OC)c1. The van der Waals surface area contributed by atoms with Crippen molar-refractivity contribution < 1.29 is 14.3 Å². The van der Waals surface area contributed by atoms with Gasteiger partial charge in [0, 0.05) is 6.20 Å². The van der Waals surface area contributed by atoms with Crippen molar-refractivity contribution in [2.24, 2.45) is 0 Å². The lowest BCUT2D eigenvalue weighted by Gasteiger charge is -1.99. The van der Waals surface area contributed by atoms with Gasteiger partial charge in [-0.05, 0) is 11.6 Å². The standard InChI is InChI=1S/C11H13NO3/c1-14-10-6-9(7-12-8-10)4-3-5-11(13)15-2/h3-4,6-8H,5H2,1-2H3. The zero-order valence-corrected chi connectivity index (χ0v) is 8.77. The van der Waals surface area contributed by atoms with Crippen molar-refractivity contribution in [3.8, 4) is 5.75 Å². The Morgan fingerprint density at radius 2 is 2.27 bits per heavy atom. The van der Waals surface area contributed by atoms with Gasteiger partial charge in [-0.25, -0.2) is 0 Å². The first-order valence-corrected chi connectivity index (χ1v) is 4.48. The van der Waals surface area contributed by atoms with E-state index >= 15 is 0 Å². The molecule has 4 heteroatoms. The van der Waals surface area contributed by atoms with Gasteiger partial charge in [0.15, 0.2) is 0 Å². The topological polar surface area (TPSA) is 48.4 Å². The number of esters is 1. The summed E-state index contributed by atoms with van der Waals surface area (Å²) in [5, 5.41) is 0. The normalized spacial score (nSPS) is 10.3. The van der Waals surface area contributed by atoms with Crippen LogP contribution in [0.4, 0.5) is 0 Å². The third kappa shape index (κ3) is 3.81. The lowest BCUT2D eigenvalue weighted by atomic mass is 10.2. The Balaban J connectivity index is 2.59. The van der Waals surface area contributed by atoms with Crippen LogP contribution in [0.3, 0.4) is 0 Å². The van der Waals surface area contributed by atoms with Crippen LogP contribution in [-0.2, 0) is 9.53 Å². The molecule has 0 fully saturated rings. The van der Waals surface area contributed by atoms with E-state index in [1.54, 1.807) is 31.7 Å². The fourth-order valence-corrected chi connectivity index (χ4v) is 1.01. The second-order valence-corrected chi connectivity index (χ2v) is 2.84. The van der Waals surface area contributed by atoms with Gasteiger partial charge in [0.05, 0.1) is 26.8 Å². The number of carbonyl (C=O) groups is 1. The Morgan fingerprint density at radius 3 is 2.93 bits per heavy atom. The molecule has 0 atom stereocenters. The zero-order chi connectivity index (χ0) is 11.1. The molecular formula is C11H13NO3. The fourth-order valence-electron chi connectivity index (χ4n) is 1.01. The lowest BCUT2D eigenvalue weighted by molar-refractivity contribution is -0.139. The van der Waals surface area contributed by atoms with Crippen LogP contribution in [0.25, 0.3) is 6.08 Å². The average Bonchev–Trinajstić information content (AvgIpc) is 2.29. The minimum atomic E-state index is -0.262. The van der Waals surface area contributed by atoms with E-state index in [1.165, 1.54) is 7.11 Å². The van der Waals surface area contributed by atoms with E-state index in [9.17, 15) is 4.79 Å². The van der Waals surface area contributed by atoms with Crippen molar-refractivity contribution >= 4 is 12.0 Å². The highest BCUT2D eigenvalue weighted by molar-refractivity contribution is 5.72. The number of hydrogen-bond donors (Lipinski definition) is 0. The molecule has 0 saturated heterocycles. The average molecular weight is 207 g/mol. The van der Waals surface area contributed by atoms with Gasteiger partial charge in [0.2, 0.25) is 0 Å². The predicted octanol–water partition coefficient (Wildman–Crippen LogP) is 1.67. The molecule has 4 nitrogen and oxygen atoms in total. The number of aromatic nitrogens is 1. The summed E-state index contributed by atoms with van der Waals surface area (Å²) in [6.07, 6.45) is 7.09. The smallest absolute Gasteiger partial charge is 0.309 e. The molecule has 1 aromatic rings. The summed E-state index contributed by atoms with van der Waals surface area (Å²) >= 11 is 0. The Labute approximate surface area is 88.5 Å². The highest BCUT2D eigenvalue weighted by atomic mass is 16.5. The molecule has 0 aromatic carbocycles. The van der Waals surface area contributed by atoms with Gasteiger partial charge in [0.1, 0.15) is 5.75 Å². The van der Waals surface area contributed by atoms with Crippen LogP contribution in [-0.4, -0.2) is 25.2 Å². The molecule has 1 rings (SSSR count). The van der Waals surface area contributed by atoms with Crippen LogP contribution in [0.5, 0.6) is 5.75 Å². The van der Waals surface area contributed by atoms with E-state index in [0.717, 1.165) is 5.56 Å². The van der Waals surface area contributed by atoms with Crippen LogP contribution >= 0.6 is 0 Å². The molecule has 0 spiro atoms. The number of methoxy groups -OCH3 is 2. The minimum absolute atomic E-state index is 0.258. The van der Waals surface area contributed by atoms with Gasteiger partial charge >= 0.3 is 5.97 Å². The summed E-state index contributed by atoms with van der Waals surface area (Å²) in [5.41, 5.74) is 0.887. The molecule has 0 aliphatic heterocycles. The largest absolute Gasteiger partial charge is 0.495 e. The van der Waals surface area contributed by atoms with Gasteiger partial charge in [-0.2, -0.15) is 0 Å². The van der Waals surface area contributed by atoms with Crippen molar-refractivity contribution in [3.05, 3.63) is 30.1 Å². The first-order valence-electron chi connectivity index (χ1n) is 4.48. The summed E-state index contributed by atoms with van der Waals surface area (Å²) in [5.74, 6) is 0.428. The van der Waals surface area contributed by atoms with Gasteiger partial charge < -0.3 is 9.47 Å². The highest BCUT2D eigenvalue weighted by Gasteiger charge is 1.95. The number of ether oxygens (including phenoxy) is 2. The fraction of sp³-hybridized carbons (Fsp3) is 0.273. The molecule has 15 heavy (non-hydrogen) atoms. The molecule has 0 amide bonds. The summed E-state index contributed by atoms with van der Waals surface area (Å²) in [7, 11) is 2.95. The third-order valence-electron chi connectivity index (χ3n) is 1.79. The van der Waals surface area contributed by atoms with E-state index in [1.807, 2.05) is 6.07 Å².